The van der Waals surface area contributed by atoms with Gasteiger partial charge in [0.1, 0.15) is 31.3 Å². The Balaban J connectivity index is 1.43. The number of carbonyl (C=O) groups excluding carboxylic acids is 3. The van der Waals surface area contributed by atoms with Crippen molar-refractivity contribution in [3.8, 4) is 11.5 Å². The first-order valence-electron chi connectivity index (χ1n) is 9.06. The highest BCUT2D eigenvalue weighted by atomic mass is 16.6. The Kier molecular flexibility index (Phi) is 6.26. The molecule has 3 rings (SSSR count). The van der Waals surface area contributed by atoms with Crippen molar-refractivity contribution in [1.29, 1.82) is 0 Å². The fourth-order valence-electron chi connectivity index (χ4n) is 2.75. The number of anilines is 1. The van der Waals surface area contributed by atoms with Crippen LogP contribution in [0.5, 0.6) is 11.5 Å². The summed E-state index contributed by atoms with van der Waals surface area (Å²) in [6, 6.07) is 13.7. The van der Waals surface area contributed by atoms with Crippen molar-refractivity contribution in [3.63, 3.8) is 0 Å². The minimum atomic E-state index is -0.722. The second-order valence-corrected chi connectivity index (χ2v) is 6.13. The molecule has 0 atom stereocenters. The van der Waals surface area contributed by atoms with Crippen molar-refractivity contribution in [2.45, 2.75) is 13.3 Å². The maximum atomic E-state index is 12.0. The van der Waals surface area contributed by atoms with Crippen LogP contribution in [0, 0.1) is 0 Å². The van der Waals surface area contributed by atoms with Gasteiger partial charge in [0.15, 0.2) is 0 Å². The third kappa shape index (κ3) is 4.49. The lowest BCUT2D eigenvalue weighted by Gasteiger charge is -2.15. The summed E-state index contributed by atoms with van der Waals surface area (Å²) in [7, 11) is 0. The number of fused-ring (bicyclic) bond motifs is 1. The van der Waals surface area contributed by atoms with Gasteiger partial charge in [-0.05, 0) is 42.8 Å². The van der Waals surface area contributed by atoms with Gasteiger partial charge in [0.25, 0.3) is 11.7 Å². The van der Waals surface area contributed by atoms with E-state index in [0.29, 0.717) is 23.6 Å². The standard InChI is InChI=1S/C21H21NO6/c1-2-11-26-15-7-9-16(10-8-15)27-12-13-28-19(23)14-22-18-6-4-3-5-17(18)20(24)21(22)25/h3-10H,2,11-14H2,1H3. The number of amides is 1. The quantitative estimate of drug-likeness (QED) is 0.376. The molecule has 7 nitrogen and oxygen atoms in total. The topological polar surface area (TPSA) is 82.1 Å². The minimum absolute atomic E-state index is 0.0323. The molecule has 0 bridgehead atoms. The molecule has 1 heterocycles. The van der Waals surface area contributed by atoms with Crippen molar-refractivity contribution in [2.24, 2.45) is 0 Å². The highest BCUT2D eigenvalue weighted by Gasteiger charge is 2.36. The molecule has 0 unspecified atom stereocenters. The minimum Gasteiger partial charge on any atom is -0.494 e. The van der Waals surface area contributed by atoms with E-state index in [0.717, 1.165) is 17.1 Å². The normalized spacial score (nSPS) is 12.7. The van der Waals surface area contributed by atoms with Crippen LogP contribution in [-0.2, 0) is 14.3 Å². The molecule has 0 radical (unpaired) electrons. The summed E-state index contributed by atoms with van der Waals surface area (Å²) in [5.74, 6) is -0.539. The number of Topliss-reactive ketones (excluding diaryl/α,β-unsaturated/α-hetero) is 1. The Morgan fingerprint density at radius 3 is 2.21 bits per heavy atom. The van der Waals surface area contributed by atoms with Crippen molar-refractivity contribution < 1.29 is 28.6 Å². The smallest absolute Gasteiger partial charge is 0.326 e. The Morgan fingerprint density at radius 1 is 0.893 bits per heavy atom. The largest absolute Gasteiger partial charge is 0.494 e. The molecule has 0 N–H and O–H groups in total. The van der Waals surface area contributed by atoms with Crippen LogP contribution >= 0.6 is 0 Å². The summed E-state index contributed by atoms with van der Waals surface area (Å²) in [5.41, 5.74) is 0.728. The van der Waals surface area contributed by atoms with Gasteiger partial charge in [-0.2, -0.15) is 0 Å². The molecular formula is C21H21NO6. The van der Waals surface area contributed by atoms with Crippen LogP contribution in [-0.4, -0.2) is 44.0 Å². The van der Waals surface area contributed by atoms with Crippen molar-refractivity contribution in [3.05, 3.63) is 54.1 Å². The van der Waals surface area contributed by atoms with Crippen LogP contribution in [0.25, 0.3) is 0 Å². The zero-order valence-corrected chi connectivity index (χ0v) is 15.6. The molecule has 28 heavy (non-hydrogen) atoms. The monoisotopic (exact) mass is 383 g/mol. The van der Waals surface area contributed by atoms with Gasteiger partial charge in [-0.1, -0.05) is 19.1 Å². The molecule has 2 aromatic rings. The predicted octanol–water partition coefficient (Wildman–Crippen LogP) is 2.63. The molecular weight excluding hydrogens is 362 g/mol. The number of esters is 1. The Labute approximate surface area is 162 Å². The third-order valence-electron chi connectivity index (χ3n) is 4.08. The van der Waals surface area contributed by atoms with Crippen LogP contribution in [0.3, 0.4) is 0 Å². The first-order chi connectivity index (χ1) is 13.6. The second-order valence-electron chi connectivity index (χ2n) is 6.13. The van der Waals surface area contributed by atoms with Gasteiger partial charge in [-0.3, -0.25) is 19.3 Å². The predicted molar refractivity (Wildman–Crippen MR) is 102 cm³/mol. The summed E-state index contributed by atoms with van der Waals surface area (Å²) in [5, 5.41) is 0. The highest BCUT2D eigenvalue weighted by molar-refractivity contribution is 6.52. The highest BCUT2D eigenvalue weighted by Crippen LogP contribution is 2.28. The zero-order chi connectivity index (χ0) is 19.9. The molecule has 0 spiro atoms. The molecule has 1 amide bonds. The van der Waals surface area contributed by atoms with Crippen molar-refractivity contribution >= 4 is 23.3 Å². The van der Waals surface area contributed by atoms with Crippen LogP contribution in [0.4, 0.5) is 5.69 Å². The van der Waals surface area contributed by atoms with Crippen LogP contribution < -0.4 is 14.4 Å². The number of ether oxygens (including phenoxy) is 3. The van der Waals surface area contributed by atoms with Gasteiger partial charge in [0.2, 0.25) is 0 Å². The Bertz CT molecular complexity index is 861. The number of carbonyl (C=O) groups is 3. The average molecular weight is 383 g/mol. The van der Waals surface area contributed by atoms with E-state index in [1.165, 1.54) is 0 Å². The first kappa shape index (κ1) is 19.4. The van der Waals surface area contributed by atoms with Crippen LogP contribution in [0.15, 0.2) is 48.5 Å². The molecule has 7 heteroatoms. The van der Waals surface area contributed by atoms with Gasteiger partial charge >= 0.3 is 5.97 Å². The van der Waals surface area contributed by atoms with E-state index in [2.05, 4.69) is 0 Å². The maximum Gasteiger partial charge on any atom is 0.326 e. The number of hydrogen-bond donors (Lipinski definition) is 0. The van der Waals surface area contributed by atoms with E-state index in [4.69, 9.17) is 14.2 Å². The number of hydrogen-bond acceptors (Lipinski definition) is 6. The molecule has 0 aliphatic carbocycles. The molecule has 0 saturated heterocycles. The van der Waals surface area contributed by atoms with E-state index in [1.54, 1.807) is 36.4 Å². The number of benzene rings is 2. The molecule has 0 saturated carbocycles. The molecule has 1 aliphatic rings. The Morgan fingerprint density at radius 2 is 1.54 bits per heavy atom. The number of nitrogens with zero attached hydrogens (tertiary/aromatic N) is 1. The molecule has 1 aliphatic heterocycles. The van der Waals surface area contributed by atoms with Gasteiger partial charge in [0.05, 0.1) is 17.9 Å². The lowest BCUT2D eigenvalue weighted by atomic mass is 10.1. The van der Waals surface area contributed by atoms with E-state index >= 15 is 0 Å². The van der Waals surface area contributed by atoms with Crippen molar-refractivity contribution in [1.82, 2.24) is 0 Å². The molecule has 2 aromatic carbocycles. The average Bonchev–Trinajstić information content (AvgIpc) is 2.96. The summed E-state index contributed by atoms with van der Waals surface area (Å²) in [4.78, 5) is 37.1. The summed E-state index contributed by atoms with van der Waals surface area (Å²) in [6.45, 7) is 2.58. The number of para-hydroxylation sites is 1. The van der Waals surface area contributed by atoms with Gasteiger partial charge in [-0.25, -0.2) is 0 Å². The van der Waals surface area contributed by atoms with E-state index in [1.807, 2.05) is 19.1 Å². The van der Waals surface area contributed by atoms with E-state index in [-0.39, 0.29) is 19.8 Å². The fraction of sp³-hybridized carbons (Fsp3) is 0.286. The molecule has 0 fully saturated rings. The van der Waals surface area contributed by atoms with Crippen LogP contribution in [0.2, 0.25) is 0 Å². The second kappa shape index (κ2) is 9.03. The molecule has 0 aromatic heterocycles. The summed E-state index contributed by atoms with van der Waals surface area (Å²) < 4.78 is 16.1. The van der Waals surface area contributed by atoms with Gasteiger partial charge in [-0.15, -0.1) is 0 Å². The SMILES string of the molecule is CCCOc1ccc(OCCOC(=O)CN2C(=O)C(=O)c3ccccc32)cc1. The molecule has 146 valence electrons. The third-order valence-corrected chi connectivity index (χ3v) is 4.08. The van der Waals surface area contributed by atoms with E-state index in [9.17, 15) is 14.4 Å². The lowest BCUT2D eigenvalue weighted by Crippen LogP contribution is -2.35. The van der Waals surface area contributed by atoms with Crippen molar-refractivity contribution in [2.75, 3.05) is 31.3 Å². The summed E-state index contributed by atoms with van der Waals surface area (Å²) >= 11 is 0. The lowest BCUT2D eigenvalue weighted by molar-refractivity contribution is -0.143. The maximum absolute atomic E-state index is 12.0. The number of ketones is 1. The summed E-state index contributed by atoms with van der Waals surface area (Å²) in [6.07, 6.45) is 0.937. The van der Waals surface area contributed by atoms with Gasteiger partial charge in [0, 0.05) is 0 Å². The number of rotatable bonds is 9. The fourth-order valence-corrected chi connectivity index (χ4v) is 2.75. The first-order valence-corrected chi connectivity index (χ1v) is 9.06. The van der Waals surface area contributed by atoms with E-state index < -0.39 is 17.7 Å². The zero-order valence-electron chi connectivity index (χ0n) is 15.6. The Hall–Kier alpha value is -3.35. The van der Waals surface area contributed by atoms with Crippen LogP contribution in [0.1, 0.15) is 23.7 Å². The van der Waals surface area contributed by atoms with Gasteiger partial charge < -0.3 is 14.2 Å².